The number of rotatable bonds is 6. The van der Waals surface area contributed by atoms with E-state index in [1.54, 1.807) is 7.11 Å². The molecular formula is C17H29N3O. The first kappa shape index (κ1) is 16.3. The molecule has 4 nitrogen and oxygen atoms in total. The van der Waals surface area contributed by atoms with E-state index in [1.165, 1.54) is 37.7 Å². The van der Waals surface area contributed by atoms with Crippen molar-refractivity contribution in [1.82, 2.24) is 10.3 Å². The molecule has 1 aliphatic rings. The molecule has 118 valence electrons. The van der Waals surface area contributed by atoms with Crippen LogP contribution in [0.4, 0.5) is 0 Å². The summed E-state index contributed by atoms with van der Waals surface area (Å²) in [6.07, 6.45) is 7.18. The van der Waals surface area contributed by atoms with Crippen molar-refractivity contribution in [1.29, 1.82) is 0 Å². The van der Waals surface area contributed by atoms with Gasteiger partial charge < -0.3 is 9.64 Å². The molecule has 3 N–H and O–H groups in total. The van der Waals surface area contributed by atoms with Crippen molar-refractivity contribution >= 4 is 0 Å². The molecule has 0 aromatic heterocycles. The maximum Gasteiger partial charge on any atom is 0.122 e. The lowest BCUT2D eigenvalue weighted by molar-refractivity contribution is 0.0567. The number of hydrazine groups is 1. The quantitative estimate of drug-likeness (QED) is 0.624. The third-order valence-corrected chi connectivity index (χ3v) is 5.08. The maximum absolute atomic E-state index is 5.95. The predicted octanol–water partition coefficient (Wildman–Crippen LogP) is 2.33. The number of nitrogens with two attached hydrogens (primary N) is 1. The highest BCUT2D eigenvalue weighted by Gasteiger charge is 2.41. The number of hydrogen-bond donors (Lipinski definition) is 2. The van der Waals surface area contributed by atoms with Gasteiger partial charge in [0, 0.05) is 11.6 Å². The van der Waals surface area contributed by atoms with Gasteiger partial charge in [0.05, 0.1) is 7.11 Å². The van der Waals surface area contributed by atoms with Gasteiger partial charge in [-0.05, 0) is 45.0 Å². The van der Waals surface area contributed by atoms with E-state index in [0.29, 0.717) is 0 Å². The van der Waals surface area contributed by atoms with Gasteiger partial charge in [0.15, 0.2) is 0 Å². The van der Waals surface area contributed by atoms with E-state index in [4.69, 9.17) is 10.6 Å². The molecule has 1 unspecified atom stereocenters. The normalized spacial score (nSPS) is 19.5. The Kier molecular flexibility index (Phi) is 5.62. The van der Waals surface area contributed by atoms with Crippen molar-refractivity contribution in [2.75, 3.05) is 21.2 Å². The van der Waals surface area contributed by atoms with Crippen molar-refractivity contribution in [3.63, 3.8) is 0 Å². The number of nitrogens with zero attached hydrogens (tertiary/aromatic N) is 1. The molecule has 1 atom stereocenters. The van der Waals surface area contributed by atoms with E-state index in [-0.39, 0.29) is 11.6 Å². The van der Waals surface area contributed by atoms with Gasteiger partial charge in [-0.15, -0.1) is 0 Å². The average molecular weight is 291 g/mol. The second-order valence-corrected chi connectivity index (χ2v) is 6.29. The summed E-state index contributed by atoms with van der Waals surface area (Å²) in [6.45, 7) is 0. The van der Waals surface area contributed by atoms with E-state index in [1.807, 2.05) is 12.1 Å². The van der Waals surface area contributed by atoms with Gasteiger partial charge >= 0.3 is 0 Å². The third kappa shape index (κ3) is 3.39. The van der Waals surface area contributed by atoms with E-state index >= 15 is 0 Å². The van der Waals surface area contributed by atoms with Crippen LogP contribution in [0.25, 0.3) is 0 Å². The number of hydrogen-bond acceptors (Lipinski definition) is 4. The largest absolute Gasteiger partial charge is 0.496 e. The standard InChI is InChI=1S/C17H29N3O/c1-20(2)17(11-7-4-8-12-17)16(19-18)13-14-9-5-6-10-15(14)21-3/h5-6,9-10,16,19H,4,7-8,11-13,18H2,1-3H3. The van der Waals surface area contributed by atoms with Crippen molar-refractivity contribution in [2.45, 2.75) is 50.1 Å². The first-order valence-electron chi connectivity index (χ1n) is 7.89. The molecule has 1 aromatic rings. The van der Waals surface area contributed by atoms with E-state index < -0.39 is 0 Å². The zero-order valence-corrected chi connectivity index (χ0v) is 13.6. The summed E-state index contributed by atoms with van der Waals surface area (Å²) in [5, 5.41) is 0. The fourth-order valence-electron chi connectivity index (χ4n) is 3.77. The van der Waals surface area contributed by atoms with Crippen LogP contribution in [0.3, 0.4) is 0 Å². The Morgan fingerprint density at radius 2 is 1.90 bits per heavy atom. The Labute approximate surface area is 128 Å². The van der Waals surface area contributed by atoms with Crippen LogP contribution in [0.2, 0.25) is 0 Å². The zero-order chi connectivity index (χ0) is 15.3. The molecule has 0 radical (unpaired) electrons. The van der Waals surface area contributed by atoms with Gasteiger partial charge in [0.1, 0.15) is 5.75 Å². The molecule has 1 saturated carbocycles. The Hall–Kier alpha value is -1.10. The van der Waals surface area contributed by atoms with Crippen molar-refractivity contribution in [3.8, 4) is 5.75 Å². The van der Waals surface area contributed by atoms with Crippen LogP contribution in [-0.4, -0.2) is 37.7 Å². The number of likely N-dealkylation sites (N-methyl/N-ethyl adjacent to an activating group) is 1. The molecule has 1 aliphatic carbocycles. The number of nitrogens with one attached hydrogen (secondary N) is 1. The summed E-state index contributed by atoms with van der Waals surface area (Å²) in [7, 11) is 6.09. The van der Waals surface area contributed by atoms with Crippen LogP contribution >= 0.6 is 0 Å². The SMILES string of the molecule is COc1ccccc1CC(NN)C1(N(C)C)CCCCC1. The van der Waals surface area contributed by atoms with Gasteiger partial charge in [-0.3, -0.25) is 11.3 Å². The third-order valence-electron chi connectivity index (χ3n) is 5.08. The van der Waals surface area contributed by atoms with Crippen molar-refractivity contribution in [3.05, 3.63) is 29.8 Å². The highest BCUT2D eigenvalue weighted by molar-refractivity contribution is 5.34. The molecular weight excluding hydrogens is 262 g/mol. The van der Waals surface area contributed by atoms with Crippen LogP contribution in [-0.2, 0) is 6.42 Å². The minimum atomic E-state index is 0.133. The Balaban J connectivity index is 2.25. The van der Waals surface area contributed by atoms with Gasteiger partial charge in [-0.1, -0.05) is 37.5 Å². The summed E-state index contributed by atoms with van der Waals surface area (Å²) in [5.74, 6) is 6.90. The molecule has 0 amide bonds. The minimum Gasteiger partial charge on any atom is -0.496 e. The predicted molar refractivity (Wildman–Crippen MR) is 87.3 cm³/mol. The molecule has 21 heavy (non-hydrogen) atoms. The minimum absolute atomic E-state index is 0.133. The van der Waals surface area contributed by atoms with Gasteiger partial charge in [0.25, 0.3) is 0 Å². The number of benzene rings is 1. The second-order valence-electron chi connectivity index (χ2n) is 6.29. The molecule has 0 spiro atoms. The fraction of sp³-hybridized carbons (Fsp3) is 0.647. The van der Waals surface area contributed by atoms with Gasteiger partial charge in [-0.2, -0.15) is 0 Å². The fourth-order valence-corrected chi connectivity index (χ4v) is 3.77. The van der Waals surface area contributed by atoms with Crippen LogP contribution in [0.1, 0.15) is 37.7 Å². The molecule has 1 aromatic carbocycles. The molecule has 0 saturated heterocycles. The van der Waals surface area contributed by atoms with Crippen LogP contribution < -0.4 is 16.0 Å². The van der Waals surface area contributed by atoms with E-state index in [0.717, 1.165) is 12.2 Å². The molecule has 0 bridgehead atoms. The van der Waals surface area contributed by atoms with Crippen molar-refractivity contribution < 1.29 is 4.74 Å². The summed E-state index contributed by atoms with van der Waals surface area (Å²) in [4.78, 5) is 2.37. The molecule has 0 heterocycles. The molecule has 4 heteroatoms. The smallest absolute Gasteiger partial charge is 0.122 e. The topological polar surface area (TPSA) is 50.5 Å². The summed E-state index contributed by atoms with van der Waals surface area (Å²) in [6, 6.07) is 8.45. The summed E-state index contributed by atoms with van der Waals surface area (Å²) in [5.41, 5.74) is 4.45. The monoisotopic (exact) mass is 291 g/mol. The zero-order valence-electron chi connectivity index (χ0n) is 13.6. The highest BCUT2D eigenvalue weighted by atomic mass is 16.5. The Morgan fingerprint density at radius 3 is 2.48 bits per heavy atom. The maximum atomic E-state index is 5.95. The van der Waals surface area contributed by atoms with Crippen LogP contribution in [0, 0.1) is 0 Å². The molecule has 2 rings (SSSR count). The van der Waals surface area contributed by atoms with E-state index in [2.05, 4.69) is 36.6 Å². The second kappa shape index (κ2) is 7.25. The van der Waals surface area contributed by atoms with Gasteiger partial charge in [0.2, 0.25) is 0 Å². The first-order valence-corrected chi connectivity index (χ1v) is 7.89. The van der Waals surface area contributed by atoms with Crippen LogP contribution in [0.5, 0.6) is 5.75 Å². The van der Waals surface area contributed by atoms with Crippen LogP contribution in [0.15, 0.2) is 24.3 Å². The lowest BCUT2D eigenvalue weighted by Gasteiger charge is -2.48. The first-order chi connectivity index (χ1) is 10.1. The highest BCUT2D eigenvalue weighted by Crippen LogP contribution is 2.36. The summed E-state index contributed by atoms with van der Waals surface area (Å²) < 4.78 is 5.49. The average Bonchev–Trinajstić information content (AvgIpc) is 2.53. The lowest BCUT2D eigenvalue weighted by Crippen LogP contribution is -2.62. The molecule has 1 fully saturated rings. The number of methoxy groups -OCH3 is 1. The Bertz CT molecular complexity index is 441. The lowest BCUT2D eigenvalue weighted by atomic mass is 9.73. The number of ether oxygens (including phenoxy) is 1. The summed E-state index contributed by atoms with van der Waals surface area (Å²) >= 11 is 0. The number of para-hydroxylation sites is 1. The van der Waals surface area contributed by atoms with Gasteiger partial charge in [-0.25, -0.2) is 0 Å². The Morgan fingerprint density at radius 1 is 1.24 bits per heavy atom. The molecule has 0 aliphatic heterocycles. The van der Waals surface area contributed by atoms with E-state index in [9.17, 15) is 0 Å². The van der Waals surface area contributed by atoms with Crippen molar-refractivity contribution in [2.24, 2.45) is 5.84 Å².